The smallest absolute Gasteiger partial charge is 0.229 e. The van der Waals surface area contributed by atoms with Crippen LogP contribution in [-0.4, -0.2) is 42.0 Å². The van der Waals surface area contributed by atoms with Gasteiger partial charge in [-0.1, -0.05) is 12.1 Å². The van der Waals surface area contributed by atoms with Crippen molar-refractivity contribution in [2.45, 2.75) is 6.42 Å². The van der Waals surface area contributed by atoms with Gasteiger partial charge >= 0.3 is 0 Å². The van der Waals surface area contributed by atoms with E-state index in [1.807, 2.05) is 46.4 Å². The maximum atomic E-state index is 12.8. The first-order chi connectivity index (χ1) is 16.1. The molecule has 2 amide bonds. The van der Waals surface area contributed by atoms with E-state index in [1.165, 1.54) is 0 Å². The molecule has 0 saturated carbocycles. The Bertz CT molecular complexity index is 1300. The first-order valence-corrected chi connectivity index (χ1v) is 11.3. The molecule has 2 aromatic carbocycles. The number of hydrogen-bond donors (Lipinski definition) is 1. The molecule has 3 heterocycles. The summed E-state index contributed by atoms with van der Waals surface area (Å²) in [5.74, 6) is 0.401. The molecule has 5 rings (SSSR count). The average molecular weight is 463 g/mol. The fraction of sp³-hybridized carbons (Fsp3) is 0.208. The third-order valence-corrected chi connectivity index (χ3v) is 6.49. The predicted octanol–water partition coefficient (Wildman–Crippen LogP) is 4.07. The number of hydrogen-bond acceptors (Lipinski definition) is 6. The lowest BCUT2D eigenvalue weighted by Crippen LogP contribution is -2.28. The van der Waals surface area contributed by atoms with Gasteiger partial charge in [0.25, 0.3) is 0 Å². The van der Waals surface area contributed by atoms with Crippen LogP contribution in [0.2, 0.25) is 0 Å². The Morgan fingerprint density at radius 1 is 1.12 bits per heavy atom. The normalized spacial score (nSPS) is 15.8. The van der Waals surface area contributed by atoms with Gasteiger partial charge in [-0.2, -0.15) is 0 Å². The van der Waals surface area contributed by atoms with Crippen LogP contribution in [0.4, 0.5) is 11.4 Å². The van der Waals surface area contributed by atoms with Crippen molar-refractivity contribution in [2.24, 2.45) is 5.92 Å². The Morgan fingerprint density at radius 3 is 2.64 bits per heavy atom. The van der Waals surface area contributed by atoms with Crippen molar-refractivity contribution in [3.8, 4) is 22.8 Å². The maximum Gasteiger partial charge on any atom is 0.229 e. The van der Waals surface area contributed by atoms with Crippen molar-refractivity contribution in [2.75, 3.05) is 31.0 Å². The van der Waals surface area contributed by atoms with Crippen LogP contribution in [0.3, 0.4) is 0 Å². The van der Waals surface area contributed by atoms with Crippen molar-refractivity contribution in [3.05, 3.63) is 60.2 Å². The number of fused-ring (bicyclic) bond motifs is 1. The molecule has 0 bridgehead atoms. The number of imidazole rings is 1. The third-order valence-electron chi connectivity index (χ3n) is 5.72. The number of methoxy groups -OCH3 is 2. The molecule has 9 heteroatoms. The summed E-state index contributed by atoms with van der Waals surface area (Å²) in [6.45, 7) is 0.309. The predicted molar refractivity (Wildman–Crippen MR) is 127 cm³/mol. The minimum absolute atomic E-state index is 0.0996. The zero-order valence-corrected chi connectivity index (χ0v) is 19.0. The number of aromatic nitrogens is 2. The number of carbonyl (C=O) groups is 2. The minimum Gasteiger partial charge on any atom is -0.493 e. The van der Waals surface area contributed by atoms with Crippen LogP contribution in [0, 0.1) is 5.92 Å². The SMILES string of the molecule is COc1ccc(N2CC(C(=O)Nc3ccc(-c4cn5ccsc5n4)cc3)CC2=O)cc1OC. The largest absolute Gasteiger partial charge is 0.493 e. The second kappa shape index (κ2) is 8.59. The van der Waals surface area contributed by atoms with E-state index in [2.05, 4.69) is 10.3 Å². The number of benzene rings is 2. The fourth-order valence-electron chi connectivity index (χ4n) is 3.96. The molecule has 1 aliphatic heterocycles. The molecule has 8 nitrogen and oxygen atoms in total. The molecule has 2 aromatic heterocycles. The summed E-state index contributed by atoms with van der Waals surface area (Å²) in [6, 6.07) is 12.8. The van der Waals surface area contributed by atoms with Crippen molar-refractivity contribution in [3.63, 3.8) is 0 Å². The number of anilines is 2. The summed E-state index contributed by atoms with van der Waals surface area (Å²) in [5, 5.41) is 4.92. The first-order valence-electron chi connectivity index (χ1n) is 10.4. The zero-order valence-electron chi connectivity index (χ0n) is 18.1. The summed E-state index contributed by atoms with van der Waals surface area (Å²) < 4.78 is 12.6. The van der Waals surface area contributed by atoms with Crippen molar-refractivity contribution < 1.29 is 19.1 Å². The van der Waals surface area contributed by atoms with Gasteiger partial charge in [-0.25, -0.2) is 4.98 Å². The quantitative estimate of drug-likeness (QED) is 0.467. The van der Waals surface area contributed by atoms with E-state index in [-0.39, 0.29) is 18.2 Å². The third kappa shape index (κ3) is 4.03. The second-order valence-electron chi connectivity index (χ2n) is 7.73. The van der Waals surface area contributed by atoms with E-state index in [1.54, 1.807) is 48.7 Å². The summed E-state index contributed by atoms with van der Waals surface area (Å²) >= 11 is 1.58. The molecule has 1 unspecified atom stereocenters. The van der Waals surface area contributed by atoms with Gasteiger partial charge < -0.3 is 19.7 Å². The molecule has 1 N–H and O–H groups in total. The molecule has 168 valence electrons. The molecule has 33 heavy (non-hydrogen) atoms. The van der Waals surface area contributed by atoms with Crippen LogP contribution in [0.1, 0.15) is 6.42 Å². The minimum atomic E-state index is -0.440. The Labute approximate surface area is 194 Å². The van der Waals surface area contributed by atoms with Gasteiger partial charge in [-0.05, 0) is 24.3 Å². The molecule has 1 saturated heterocycles. The number of thiazole rings is 1. The second-order valence-corrected chi connectivity index (χ2v) is 8.60. The van der Waals surface area contributed by atoms with Crippen LogP contribution in [0.15, 0.2) is 60.2 Å². The molecule has 0 radical (unpaired) electrons. The van der Waals surface area contributed by atoms with Gasteiger partial charge in [0.15, 0.2) is 16.5 Å². The van der Waals surface area contributed by atoms with E-state index in [9.17, 15) is 9.59 Å². The van der Waals surface area contributed by atoms with Crippen molar-refractivity contribution in [1.82, 2.24) is 9.38 Å². The highest BCUT2D eigenvalue weighted by Gasteiger charge is 2.35. The molecule has 1 atom stereocenters. The van der Waals surface area contributed by atoms with E-state index >= 15 is 0 Å². The molecule has 4 aromatic rings. The number of amides is 2. The lowest BCUT2D eigenvalue weighted by Gasteiger charge is -2.18. The number of rotatable bonds is 6. The van der Waals surface area contributed by atoms with Gasteiger partial charge in [-0.3, -0.25) is 14.0 Å². The van der Waals surface area contributed by atoms with Gasteiger partial charge in [-0.15, -0.1) is 11.3 Å². The van der Waals surface area contributed by atoms with Gasteiger partial charge in [0.2, 0.25) is 11.8 Å². The molecular formula is C24H22N4O4S. The van der Waals surface area contributed by atoms with E-state index in [0.29, 0.717) is 29.4 Å². The Kier molecular flexibility index (Phi) is 5.47. The van der Waals surface area contributed by atoms with Crippen LogP contribution in [0.25, 0.3) is 16.2 Å². The highest BCUT2D eigenvalue weighted by atomic mass is 32.1. The van der Waals surface area contributed by atoms with Crippen molar-refractivity contribution in [1.29, 1.82) is 0 Å². The molecule has 0 spiro atoms. The average Bonchev–Trinajstić information content (AvgIpc) is 3.54. The topological polar surface area (TPSA) is 85.2 Å². The standard InChI is InChI=1S/C24H22N4O4S/c1-31-20-8-7-18(12-21(20)32-2)28-13-16(11-22(28)29)23(30)25-17-5-3-15(4-6-17)19-14-27-9-10-33-24(27)26-19/h3-10,12,14,16H,11,13H2,1-2H3,(H,25,30). The lowest BCUT2D eigenvalue weighted by molar-refractivity contribution is -0.122. The summed E-state index contributed by atoms with van der Waals surface area (Å²) in [4.78, 5) is 32.6. The molecule has 1 aliphatic rings. The number of carbonyl (C=O) groups excluding carboxylic acids is 2. The van der Waals surface area contributed by atoms with E-state index in [4.69, 9.17) is 9.47 Å². The van der Waals surface area contributed by atoms with Gasteiger partial charge in [0, 0.05) is 53.7 Å². The van der Waals surface area contributed by atoms with Crippen molar-refractivity contribution >= 4 is 39.5 Å². The highest BCUT2D eigenvalue weighted by Crippen LogP contribution is 2.34. The Hall–Kier alpha value is -3.85. The Balaban J connectivity index is 1.25. The molecular weight excluding hydrogens is 440 g/mol. The monoisotopic (exact) mass is 462 g/mol. The van der Waals surface area contributed by atoms with Crippen LogP contribution in [0.5, 0.6) is 11.5 Å². The summed E-state index contributed by atoms with van der Waals surface area (Å²) in [5.41, 5.74) is 3.21. The zero-order chi connectivity index (χ0) is 22.9. The number of nitrogens with zero attached hydrogens (tertiary/aromatic N) is 3. The maximum absolute atomic E-state index is 12.8. The summed E-state index contributed by atoms with van der Waals surface area (Å²) in [6.07, 6.45) is 4.11. The first kappa shape index (κ1) is 21.0. The molecule has 1 fully saturated rings. The fourth-order valence-corrected chi connectivity index (χ4v) is 4.66. The van der Waals surface area contributed by atoms with Crippen LogP contribution in [-0.2, 0) is 9.59 Å². The molecule has 0 aliphatic carbocycles. The van der Waals surface area contributed by atoms with Crippen LogP contribution < -0.4 is 19.7 Å². The Morgan fingerprint density at radius 2 is 1.91 bits per heavy atom. The number of nitrogens with one attached hydrogen (secondary N) is 1. The van der Waals surface area contributed by atoms with Gasteiger partial charge in [0.1, 0.15) is 0 Å². The highest BCUT2D eigenvalue weighted by molar-refractivity contribution is 7.15. The summed E-state index contributed by atoms with van der Waals surface area (Å²) in [7, 11) is 3.10. The van der Waals surface area contributed by atoms with Gasteiger partial charge in [0.05, 0.1) is 25.8 Å². The lowest BCUT2D eigenvalue weighted by atomic mass is 10.1. The van der Waals surface area contributed by atoms with Crippen LogP contribution >= 0.6 is 11.3 Å². The van der Waals surface area contributed by atoms with E-state index in [0.717, 1.165) is 16.2 Å². The van der Waals surface area contributed by atoms with E-state index < -0.39 is 5.92 Å². The number of ether oxygens (including phenoxy) is 2.